The number of halogens is 1. The van der Waals surface area contributed by atoms with Crippen molar-refractivity contribution in [2.24, 2.45) is 0 Å². The third-order valence-electron chi connectivity index (χ3n) is 3.61. The lowest BCUT2D eigenvalue weighted by atomic mass is 9.78. The van der Waals surface area contributed by atoms with Crippen LogP contribution >= 0.6 is 0 Å². The molecule has 0 spiro atoms. The van der Waals surface area contributed by atoms with Crippen LogP contribution in [-0.4, -0.2) is 9.97 Å². The smallest absolute Gasteiger partial charge is 0.231 e. The first-order valence-corrected chi connectivity index (χ1v) is 6.53. The summed E-state index contributed by atoms with van der Waals surface area (Å²) in [7, 11) is 0. The summed E-state index contributed by atoms with van der Waals surface area (Å²) in [6.45, 7) is 8.41. The quantitative estimate of drug-likeness (QED) is 0.695. The molecule has 0 amide bonds. The SMILES string of the molecule is CCCCCC(C)(CC)c1nc(F)cnc1C. The fraction of sp³-hybridized carbons (Fsp3) is 0.714. The van der Waals surface area contributed by atoms with Crippen LogP contribution in [0.25, 0.3) is 0 Å². The number of rotatable bonds is 6. The van der Waals surface area contributed by atoms with E-state index < -0.39 is 5.95 Å². The lowest BCUT2D eigenvalue weighted by Gasteiger charge is -2.28. The second kappa shape index (κ2) is 6.08. The Hall–Kier alpha value is -0.990. The maximum Gasteiger partial charge on any atom is 0.231 e. The molecule has 0 aromatic carbocycles. The lowest BCUT2D eigenvalue weighted by Crippen LogP contribution is -2.25. The summed E-state index contributed by atoms with van der Waals surface area (Å²) in [4.78, 5) is 8.15. The maximum absolute atomic E-state index is 13.2. The zero-order valence-corrected chi connectivity index (χ0v) is 11.4. The highest BCUT2D eigenvalue weighted by atomic mass is 19.1. The van der Waals surface area contributed by atoms with Crippen molar-refractivity contribution in [1.82, 2.24) is 9.97 Å². The van der Waals surface area contributed by atoms with Crippen molar-refractivity contribution in [3.8, 4) is 0 Å². The minimum Gasteiger partial charge on any atom is -0.255 e. The van der Waals surface area contributed by atoms with Gasteiger partial charge in [0.25, 0.3) is 0 Å². The van der Waals surface area contributed by atoms with Crippen LogP contribution in [0.2, 0.25) is 0 Å². The molecule has 1 atom stereocenters. The molecule has 0 aliphatic rings. The standard InChI is InChI=1S/C14H23FN2/c1-5-7-8-9-14(4,6-2)13-11(3)16-10-12(15)17-13/h10H,5-9H2,1-4H3. The first-order chi connectivity index (χ1) is 8.03. The van der Waals surface area contributed by atoms with E-state index in [0.717, 1.165) is 24.2 Å². The van der Waals surface area contributed by atoms with Gasteiger partial charge in [0, 0.05) is 5.41 Å². The number of aromatic nitrogens is 2. The molecule has 3 heteroatoms. The molecule has 1 heterocycles. The van der Waals surface area contributed by atoms with Crippen molar-refractivity contribution in [3.05, 3.63) is 23.5 Å². The monoisotopic (exact) mass is 238 g/mol. The van der Waals surface area contributed by atoms with Gasteiger partial charge in [0.05, 0.1) is 17.6 Å². The van der Waals surface area contributed by atoms with Crippen LogP contribution in [0.3, 0.4) is 0 Å². The highest BCUT2D eigenvalue weighted by Gasteiger charge is 2.28. The van der Waals surface area contributed by atoms with Crippen LogP contribution in [0.4, 0.5) is 4.39 Å². The van der Waals surface area contributed by atoms with Crippen LogP contribution in [0.5, 0.6) is 0 Å². The van der Waals surface area contributed by atoms with Crippen molar-refractivity contribution in [3.63, 3.8) is 0 Å². The van der Waals surface area contributed by atoms with E-state index in [2.05, 4.69) is 30.7 Å². The van der Waals surface area contributed by atoms with Crippen LogP contribution in [0.1, 0.15) is 64.3 Å². The summed E-state index contributed by atoms with van der Waals surface area (Å²) in [5.74, 6) is -0.472. The topological polar surface area (TPSA) is 25.8 Å². The molecule has 1 unspecified atom stereocenters. The molecule has 1 rings (SSSR count). The Kier molecular flexibility index (Phi) is 5.03. The molecular formula is C14H23FN2. The molecule has 1 aromatic rings. The Bertz CT molecular complexity index is 365. The van der Waals surface area contributed by atoms with E-state index in [0.29, 0.717) is 0 Å². The average Bonchev–Trinajstić information content (AvgIpc) is 2.32. The molecule has 0 saturated heterocycles. The van der Waals surface area contributed by atoms with Crippen molar-refractivity contribution in [1.29, 1.82) is 0 Å². The van der Waals surface area contributed by atoms with Gasteiger partial charge in [-0.15, -0.1) is 0 Å². The summed E-state index contributed by atoms with van der Waals surface area (Å²) in [5.41, 5.74) is 1.64. The van der Waals surface area contributed by atoms with E-state index in [-0.39, 0.29) is 5.41 Å². The van der Waals surface area contributed by atoms with E-state index in [1.807, 2.05) is 6.92 Å². The van der Waals surface area contributed by atoms with E-state index in [4.69, 9.17) is 0 Å². The van der Waals surface area contributed by atoms with E-state index >= 15 is 0 Å². The second-order valence-corrected chi connectivity index (χ2v) is 5.00. The number of hydrogen-bond donors (Lipinski definition) is 0. The fourth-order valence-electron chi connectivity index (χ4n) is 2.23. The molecule has 0 radical (unpaired) electrons. The number of nitrogens with zero attached hydrogens (tertiary/aromatic N) is 2. The predicted molar refractivity (Wildman–Crippen MR) is 68.5 cm³/mol. The van der Waals surface area contributed by atoms with Gasteiger partial charge in [-0.3, -0.25) is 4.98 Å². The summed E-state index contributed by atoms with van der Waals surface area (Å²) >= 11 is 0. The van der Waals surface area contributed by atoms with Gasteiger partial charge in [0.15, 0.2) is 0 Å². The molecule has 2 nitrogen and oxygen atoms in total. The highest BCUT2D eigenvalue weighted by Crippen LogP contribution is 2.33. The number of aryl methyl sites for hydroxylation is 1. The van der Waals surface area contributed by atoms with Crippen molar-refractivity contribution in [2.45, 2.75) is 65.2 Å². The Morgan fingerprint density at radius 3 is 2.59 bits per heavy atom. The molecule has 0 fully saturated rings. The first kappa shape index (κ1) is 14.1. The first-order valence-electron chi connectivity index (χ1n) is 6.53. The maximum atomic E-state index is 13.2. The third kappa shape index (κ3) is 3.48. The minimum absolute atomic E-state index is 0.0473. The number of hydrogen-bond acceptors (Lipinski definition) is 2. The molecule has 0 N–H and O–H groups in total. The Morgan fingerprint density at radius 1 is 1.29 bits per heavy atom. The fourth-order valence-corrected chi connectivity index (χ4v) is 2.23. The lowest BCUT2D eigenvalue weighted by molar-refractivity contribution is 0.376. The van der Waals surface area contributed by atoms with Gasteiger partial charge < -0.3 is 0 Å². The second-order valence-electron chi connectivity index (χ2n) is 5.00. The van der Waals surface area contributed by atoms with E-state index in [9.17, 15) is 4.39 Å². The van der Waals surface area contributed by atoms with Gasteiger partial charge in [-0.05, 0) is 19.8 Å². The minimum atomic E-state index is -0.472. The third-order valence-corrected chi connectivity index (χ3v) is 3.61. The zero-order valence-electron chi connectivity index (χ0n) is 11.4. The van der Waals surface area contributed by atoms with Gasteiger partial charge in [0.1, 0.15) is 0 Å². The summed E-state index contributed by atoms with van der Waals surface area (Å²) in [6, 6.07) is 0. The normalized spacial score (nSPS) is 14.6. The number of unbranched alkanes of at least 4 members (excludes halogenated alkanes) is 2. The summed E-state index contributed by atoms with van der Waals surface area (Å²) < 4.78 is 13.2. The summed E-state index contributed by atoms with van der Waals surface area (Å²) in [6.07, 6.45) is 6.80. The predicted octanol–water partition coefficient (Wildman–Crippen LogP) is 4.17. The van der Waals surface area contributed by atoms with Crippen LogP contribution in [0, 0.1) is 12.9 Å². The van der Waals surface area contributed by atoms with Gasteiger partial charge in [0.2, 0.25) is 5.95 Å². The molecule has 17 heavy (non-hydrogen) atoms. The van der Waals surface area contributed by atoms with E-state index in [1.54, 1.807) is 0 Å². The van der Waals surface area contributed by atoms with Crippen LogP contribution in [-0.2, 0) is 5.41 Å². The van der Waals surface area contributed by atoms with Gasteiger partial charge in [-0.25, -0.2) is 4.98 Å². The molecule has 0 aliphatic heterocycles. The molecule has 1 aromatic heterocycles. The molecule has 0 bridgehead atoms. The highest BCUT2D eigenvalue weighted by molar-refractivity contribution is 5.20. The Morgan fingerprint density at radius 2 is 2.00 bits per heavy atom. The Labute approximate surface area is 104 Å². The molecule has 96 valence electrons. The van der Waals surface area contributed by atoms with Crippen molar-refractivity contribution < 1.29 is 4.39 Å². The average molecular weight is 238 g/mol. The molecule has 0 saturated carbocycles. The van der Waals surface area contributed by atoms with Gasteiger partial charge in [-0.1, -0.05) is 40.0 Å². The van der Waals surface area contributed by atoms with Crippen molar-refractivity contribution >= 4 is 0 Å². The van der Waals surface area contributed by atoms with Crippen LogP contribution in [0.15, 0.2) is 6.20 Å². The molecule has 0 aliphatic carbocycles. The molecular weight excluding hydrogens is 215 g/mol. The zero-order chi connectivity index (χ0) is 12.9. The van der Waals surface area contributed by atoms with Gasteiger partial charge in [-0.2, -0.15) is 4.39 Å². The Balaban J connectivity index is 2.94. The summed E-state index contributed by atoms with van der Waals surface area (Å²) in [5, 5.41) is 0. The van der Waals surface area contributed by atoms with Crippen LogP contribution < -0.4 is 0 Å². The van der Waals surface area contributed by atoms with Gasteiger partial charge >= 0.3 is 0 Å². The largest absolute Gasteiger partial charge is 0.255 e. The van der Waals surface area contributed by atoms with Crippen molar-refractivity contribution in [2.75, 3.05) is 0 Å². The van der Waals surface area contributed by atoms with E-state index in [1.165, 1.54) is 25.5 Å².